The molecule has 2 N–H and O–H groups in total. The number of rotatable bonds is 6. The molecule has 0 aromatic heterocycles. The van der Waals surface area contributed by atoms with Crippen molar-refractivity contribution in [1.82, 2.24) is 4.90 Å². The molecule has 1 saturated heterocycles. The summed E-state index contributed by atoms with van der Waals surface area (Å²) < 4.78 is 10.4. The van der Waals surface area contributed by atoms with E-state index in [-0.39, 0.29) is 24.3 Å². The normalized spacial score (nSPS) is 22.9. The standard InChI is InChI=1S/C26H39N3O6/c1-5-34-22(30)18-26(33)12-10-19(11-13-26)23(31)27-20-6-8-21(9-7-20)28-14-16-29(17-15-28)24(32)35-25(2,3)4/h6-9,19,33H,5,10-18H2,1-4H3,(H,27,31)/t19-,26+. The van der Waals surface area contributed by atoms with Gasteiger partial charge >= 0.3 is 12.1 Å². The molecule has 0 radical (unpaired) electrons. The molecule has 1 saturated carbocycles. The van der Waals surface area contributed by atoms with Gasteiger partial charge in [0.1, 0.15) is 5.60 Å². The Morgan fingerprint density at radius 1 is 1.06 bits per heavy atom. The van der Waals surface area contributed by atoms with Crippen molar-refractivity contribution >= 4 is 29.3 Å². The van der Waals surface area contributed by atoms with Crippen molar-refractivity contribution in [3.05, 3.63) is 24.3 Å². The molecule has 1 heterocycles. The van der Waals surface area contributed by atoms with Gasteiger partial charge in [0.25, 0.3) is 0 Å². The van der Waals surface area contributed by atoms with Crippen LogP contribution in [0.15, 0.2) is 24.3 Å². The first-order valence-electron chi connectivity index (χ1n) is 12.5. The van der Waals surface area contributed by atoms with Crippen LogP contribution in [0.5, 0.6) is 0 Å². The summed E-state index contributed by atoms with van der Waals surface area (Å²) in [4.78, 5) is 40.7. The smallest absolute Gasteiger partial charge is 0.410 e. The van der Waals surface area contributed by atoms with E-state index in [0.29, 0.717) is 58.5 Å². The molecule has 194 valence electrons. The summed E-state index contributed by atoms with van der Waals surface area (Å²) in [5.74, 6) is -0.663. The lowest BCUT2D eigenvalue weighted by Gasteiger charge is -2.36. The van der Waals surface area contributed by atoms with Crippen molar-refractivity contribution in [3.63, 3.8) is 0 Å². The van der Waals surface area contributed by atoms with E-state index in [1.54, 1.807) is 11.8 Å². The van der Waals surface area contributed by atoms with Crippen molar-refractivity contribution in [2.45, 2.75) is 71.0 Å². The monoisotopic (exact) mass is 489 g/mol. The summed E-state index contributed by atoms with van der Waals surface area (Å²) in [5.41, 5.74) is 0.167. The Bertz CT molecular complexity index is 879. The van der Waals surface area contributed by atoms with E-state index in [4.69, 9.17) is 9.47 Å². The summed E-state index contributed by atoms with van der Waals surface area (Å²) in [6.45, 7) is 10.2. The molecule has 0 atom stereocenters. The summed E-state index contributed by atoms with van der Waals surface area (Å²) >= 11 is 0. The highest BCUT2D eigenvalue weighted by Gasteiger charge is 2.37. The number of nitrogens with zero attached hydrogens (tertiary/aromatic N) is 2. The third kappa shape index (κ3) is 7.85. The molecular weight excluding hydrogens is 450 g/mol. The first-order valence-corrected chi connectivity index (χ1v) is 12.5. The maximum Gasteiger partial charge on any atom is 0.410 e. The van der Waals surface area contributed by atoms with E-state index in [2.05, 4.69) is 10.2 Å². The van der Waals surface area contributed by atoms with E-state index in [1.165, 1.54) is 0 Å². The molecule has 1 aliphatic carbocycles. The lowest BCUT2D eigenvalue weighted by molar-refractivity contribution is -0.150. The number of aliphatic hydroxyl groups is 1. The van der Waals surface area contributed by atoms with Crippen LogP contribution in [0.4, 0.5) is 16.2 Å². The van der Waals surface area contributed by atoms with Gasteiger partial charge in [0.2, 0.25) is 5.91 Å². The lowest BCUT2D eigenvalue weighted by atomic mass is 9.77. The van der Waals surface area contributed by atoms with Crippen LogP contribution < -0.4 is 10.2 Å². The van der Waals surface area contributed by atoms with E-state index in [1.807, 2.05) is 45.0 Å². The average molecular weight is 490 g/mol. The van der Waals surface area contributed by atoms with Crippen LogP contribution in [0.3, 0.4) is 0 Å². The minimum atomic E-state index is -1.09. The second-order valence-corrected chi connectivity index (χ2v) is 10.5. The van der Waals surface area contributed by atoms with E-state index in [0.717, 1.165) is 11.4 Å². The zero-order chi connectivity index (χ0) is 25.6. The topological polar surface area (TPSA) is 108 Å². The number of ether oxygens (including phenoxy) is 2. The highest BCUT2D eigenvalue weighted by molar-refractivity contribution is 5.92. The highest BCUT2D eigenvalue weighted by atomic mass is 16.6. The molecule has 1 aromatic carbocycles. The fourth-order valence-electron chi connectivity index (χ4n) is 4.55. The molecule has 35 heavy (non-hydrogen) atoms. The van der Waals surface area contributed by atoms with Gasteiger partial charge in [-0.15, -0.1) is 0 Å². The van der Waals surface area contributed by atoms with Gasteiger partial charge in [0, 0.05) is 43.5 Å². The van der Waals surface area contributed by atoms with Gasteiger partial charge in [-0.2, -0.15) is 0 Å². The largest absolute Gasteiger partial charge is 0.466 e. The number of hydrogen-bond donors (Lipinski definition) is 2. The van der Waals surface area contributed by atoms with E-state index >= 15 is 0 Å². The Kier molecular flexibility index (Phi) is 8.64. The summed E-state index contributed by atoms with van der Waals surface area (Å²) in [5, 5.41) is 13.6. The van der Waals surface area contributed by atoms with Crippen LogP contribution in [0.2, 0.25) is 0 Å². The predicted octanol–water partition coefficient (Wildman–Crippen LogP) is 3.56. The van der Waals surface area contributed by atoms with Gasteiger partial charge in [-0.25, -0.2) is 4.79 Å². The molecule has 1 aromatic rings. The van der Waals surface area contributed by atoms with Crippen LogP contribution in [0, 0.1) is 5.92 Å². The van der Waals surface area contributed by atoms with Crippen LogP contribution in [-0.4, -0.2) is 72.0 Å². The predicted molar refractivity (Wildman–Crippen MR) is 133 cm³/mol. The Labute approximate surface area is 207 Å². The second kappa shape index (κ2) is 11.3. The molecule has 2 amide bonds. The molecule has 0 bridgehead atoms. The van der Waals surface area contributed by atoms with Crippen LogP contribution in [0.1, 0.15) is 59.8 Å². The third-order valence-corrected chi connectivity index (χ3v) is 6.50. The molecule has 0 unspecified atom stereocenters. The van der Waals surface area contributed by atoms with Gasteiger partial charge in [-0.05, 0) is 77.6 Å². The van der Waals surface area contributed by atoms with Crippen LogP contribution in [0.25, 0.3) is 0 Å². The van der Waals surface area contributed by atoms with Crippen molar-refractivity contribution in [2.75, 3.05) is 43.0 Å². The zero-order valence-corrected chi connectivity index (χ0v) is 21.3. The number of amides is 2. The number of nitrogens with one attached hydrogen (secondary N) is 1. The van der Waals surface area contributed by atoms with Crippen LogP contribution in [-0.2, 0) is 19.1 Å². The SMILES string of the molecule is CCOC(=O)C[C@]1(O)CC[C@@H](C(=O)Nc2ccc(N3CCN(C(=O)OC(C)(C)C)CC3)cc2)CC1. The lowest BCUT2D eigenvalue weighted by Crippen LogP contribution is -2.50. The van der Waals surface area contributed by atoms with Crippen molar-refractivity contribution in [3.8, 4) is 0 Å². The number of esters is 1. The quantitative estimate of drug-likeness (QED) is 0.588. The first-order chi connectivity index (χ1) is 16.5. The maximum atomic E-state index is 12.7. The Balaban J connectivity index is 1.45. The van der Waals surface area contributed by atoms with Gasteiger partial charge in [0.15, 0.2) is 0 Å². The Hall–Kier alpha value is -2.81. The average Bonchev–Trinajstić information content (AvgIpc) is 2.79. The first kappa shape index (κ1) is 26.8. The number of anilines is 2. The number of carbonyl (C=O) groups is 3. The molecule has 1 aliphatic heterocycles. The van der Waals surface area contributed by atoms with Crippen molar-refractivity contribution < 1.29 is 29.0 Å². The molecule has 9 nitrogen and oxygen atoms in total. The van der Waals surface area contributed by atoms with E-state index in [9.17, 15) is 19.5 Å². The molecule has 0 spiro atoms. The fraction of sp³-hybridized carbons (Fsp3) is 0.654. The van der Waals surface area contributed by atoms with Crippen molar-refractivity contribution in [2.24, 2.45) is 5.92 Å². The number of piperazine rings is 1. The minimum Gasteiger partial charge on any atom is -0.466 e. The Morgan fingerprint density at radius 2 is 1.66 bits per heavy atom. The minimum absolute atomic E-state index is 0.0251. The molecular formula is C26H39N3O6. The summed E-state index contributed by atoms with van der Waals surface area (Å²) in [6.07, 6.45) is 1.56. The zero-order valence-electron chi connectivity index (χ0n) is 21.3. The van der Waals surface area contributed by atoms with Gasteiger partial charge in [-0.1, -0.05) is 0 Å². The van der Waals surface area contributed by atoms with Crippen molar-refractivity contribution in [1.29, 1.82) is 0 Å². The van der Waals surface area contributed by atoms with Crippen LogP contribution >= 0.6 is 0 Å². The van der Waals surface area contributed by atoms with Gasteiger partial charge < -0.3 is 29.7 Å². The fourth-order valence-corrected chi connectivity index (χ4v) is 4.55. The number of carbonyl (C=O) groups excluding carboxylic acids is 3. The third-order valence-electron chi connectivity index (χ3n) is 6.50. The maximum absolute atomic E-state index is 12.7. The molecule has 2 aliphatic rings. The van der Waals surface area contributed by atoms with Gasteiger partial charge in [-0.3, -0.25) is 9.59 Å². The molecule has 3 rings (SSSR count). The van der Waals surface area contributed by atoms with E-state index < -0.39 is 17.2 Å². The number of benzene rings is 1. The molecule has 9 heteroatoms. The highest BCUT2D eigenvalue weighted by Crippen LogP contribution is 2.35. The second-order valence-electron chi connectivity index (χ2n) is 10.5. The van der Waals surface area contributed by atoms with Gasteiger partial charge in [0.05, 0.1) is 18.6 Å². The summed E-state index contributed by atoms with van der Waals surface area (Å²) in [7, 11) is 0. The summed E-state index contributed by atoms with van der Waals surface area (Å²) in [6, 6.07) is 7.70. The molecule has 2 fully saturated rings. The Morgan fingerprint density at radius 3 is 2.20 bits per heavy atom. The number of hydrogen-bond acceptors (Lipinski definition) is 7.